The molecule has 0 atom stereocenters. The molecule has 1 aromatic heterocycles. The van der Waals surface area contributed by atoms with E-state index in [4.69, 9.17) is 11.6 Å². The summed E-state index contributed by atoms with van der Waals surface area (Å²) >= 11 is 5.88. The molecule has 2 aromatic rings. The minimum absolute atomic E-state index is 0.000942. The molecule has 154 valence electrons. The summed E-state index contributed by atoms with van der Waals surface area (Å²) < 4.78 is 0. The van der Waals surface area contributed by atoms with E-state index in [9.17, 15) is 9.59 Å². The molecule has 0 aliphatic carbocycles. The number of aromatic nitrogens is 1. The predicted octanol–water partition coefficient (Wildman–Crippen LogP) is 3.11. The van der Waals surface area contributed by atoms with Crippen molar-refractivity contribution in [1.82, 2.24) is 15.2 Å². The minimum Gasteiger partial charge on any atom is -0.353 e. The second-order valence-electron chi connectivity index (χ2n) is 8.21. The summed E-state index contributed by atoms with van der Waals surface area (Å²) in [7, 11) is 0. The molecule has 0 bridgehead atoms. The van der Waals surface area contributed by atoms with Crippen molar-refractivity contribution < 1.29 is 9.59 Å². The maximum Gasteiger partial charge on any atom is 0.251 e. The van der Waals surface area contributed by atoms with Gasteiger partial charge in [-0.25, -0.2) is 4.98 Å². The molecule has 2 amide bonds. The lowest BCUT2D eigenvalue weighted by Gasteiger charge is -2.35. The highest BCUT2D eigenvalue weighted by molar-refractivity contribution is 6.30. The fraction of sp³-hybridized carbons (Fsp3) is 0.409. The van der Waals surface area contributed by atoms with Crippen LogP contribution in [0.1, 0.15) is 36.7 Å². The molecule has 7 heteroatoms. The first-order chi connectivity index (χ1) is 13.7. The van der Waals surface area contributed by atoms with Crippen LogP contribution in [-0.4, -0.2) is 54.4 Å². The number of piperazine rings is 1. The summed E-state index contributed by atoms with van der Waals surface area (Å²) in [5, 5.41) is 3.34. The fourth-order valence-corrected chi connectivity index (χ4v) is 3.34. The van der Waals surface area contributed by atoms with E-state index in [2.05, 4.69) is 36.0 Å². The van der Waals surface area contributed by atoms with Crippen LogP contribution in [-0.2, 0) is 10.2 Å². The second-order valence-corrected chi connectivity index (χ2v) is 8.65. The van der Waals surface area contributed by atoms with Crippen LogP contribution in [0.3, 0.4) is 0 Å². The Morgan fingerprint density at radius 1 is 1.03 bits per heavy atom. The topological polar surface area (TPSA) is 65.5 Å². The van der Waals surface area contributed by atoms with Crippen LogP contribution in [0.15, 0.2) is 42.6 Å². The maximum atomic E-state index is 12.5. The van der Waals surface area contributed by atoms with Gasteiger partial charge in [0.2, 0.25) is 5.91 Å². The van der Waals surface area contributed by atoms with Crippen LogP contribution in [0.5, 0.6) is 0 Å². The summed E-state index contributed by atoms with van der Waals surface area (Å²) in [4.78, 5) is 33.0. The minimum atomic E-state index is -0.234. The van der Waals surface area contributed by atoms with Crippen LogP contribution in [0, 0.1) is 0 Å². The molecule has 1 aromatic carbocycles. The Morgan fingerprint density at radius 3 is 2.24 bits per heavy atom. The Morgan fingerprint density at radius 2 is 1.69 bits per heavy atom. The standard InChI is InChI=1S/C22H27ClN4O2/c1-22(2,3)17-6-4-16(5-7-17)21(29)25-15-20(28)27-12-10-26(11-13-27)19-9-8-18(23)14-24-19/h4-9,14H,10-13,15H2,1-3H3,(H,25,29). The summed E-state index contributed by atoms with van der Waals surface area (Å²) in [6.07, 6.45) is 1.62. The van der Waals surface area contributed by atoms with Crippen LogP contribution in [0.4, 0.5) is 5.82 Å². The highest BCUT2D eigenvalue weighted by atomic mass is 35.5. The molecule has 0 unspecified atom stereocenters. The van der Waals surface area contributed by atoms with Crippen molar-refractivity contribution in [3.05, 3.63) is 58.7 Å². The van der Waals surface area contributed by atoms with Gasteiger partial charge in [-0.1, -0.05) is 44.5 Å². The van der Waals surface area contributed by atoms with Gasteiger partial charge < -0.3 is 15.1 Å². The lowest BCUT2D eigenvalue weighted by molar-refractivity contribution is -0.130. The number of amides is 2. The van der Waals surface area contributed by atoms with E-state index in [-0.39, 0.29) is 23.8 Å². The fourth-order valence-electron chi connectivity index (χ4n) is 3.23. The second kappa shape index (κ2) is 8.82. The quantitative estimate of drug-likeness (QED) is 0.834. The number of carbonyl (C=O) groups excluding carboxylic acids is 2. The first-order valence-corrected chi connectivity index (χ1v) is 10.1. The van der Waals surface area contributed by atoms with Crippen molar-refractivity contribution in [3.63, 3.8) is 0 Å². The number of pyridine rings is 1. The van der Waals surface area contributed by atoms with E-state index in [0.717, 1.165) is 11.4 Å². The SMILES string of the molecule is CC(C)(C)c1ccc(C(=O)NCC(=O)N2CCN(c3ccc(Cl)cn3)CC2)cc1. The van der Waals surface area contributed by atoms with Crippen LogP contribution in [0.25, 0.3) is 0 Å². The lowest BCUT2D eigenvalue weighted by Crippen LogP contribution is -2.51. The third-order valence-electron chi connectivity index (χ3n) is 5.08. The van der Waals surface area contributed by atoms with Crippen molar-refractivity contribution in [2.75, 3.05) is 37.6 Å². The molecule has 2 heterocycles. The molecule has 1 N–H and O–H groups in total. The zero-order chi connectivity index (χ0) is 21.0. The van der Waals surface area contributed by atoms with Crippen LogP contribution >= 0.6 is 11.6 Å². The molecular formula is C22H27ClN4O2. The van der Waals surface area contributed by atoms with Crippen LogP contribution in [0.2, 0.25) is 5.02 Å². The molecule has 1 aliphatic heterocycles. The predicted molar refractivity (Wildman–Crippen MR) is 116 cm³/mol. The monoisotopic (exact) mass is 414 g/mol. The molecule has 6 nitrogen and oxygen atoms in total. The lowest BCUT2D eigenvalue weighted by atomic mass is 9.87. The Hall–Kier alpha value is -2.60. The number of anilines is 1. The first kappa shape index (κ1) is 21.1. The largest absolute Gasteiger partial charge is 0.353 e. The molecule has 1 saturated heterocycles. The zero-order valence-electron chi connectivity index (χ0n) is 17.1. The van der Waals surface area contributed by atoms with Gasteiger partial charge in [0.05, 0.1) is 11.6 Å². The third kappa shape index (κ3) is 5.48. The van der Waals surface area contributed by atoms with Gasteiger partial charge in [-0.05, 0) is 35.2 Å². The average Bonchev–Trinajstić information content (AvgIpc) is 2.72. The smallest absolute Gasteiger partial charge is 0.251 e. The maximum absolute atomic E-state index is 12.5. The Bertz CT molecular complexity index is 852. The van der Waals surface area contributed by atoms with E-state index < -0.39 is 0 Å². The van der Waals surface area contributed by atoms with E-state index in [1.54, 1.807) is 23.2 Å². The normalized spacial score (nSPS) is 14.6. The summed E-state index contributed by atoms with van der Waals surface area (Å²) in [6.45, 7) is 8.97. The van der Waals surface area contributed by atoms with Gasteiger partial charge in [0.25, 0.3) is 5.91 Å². The van der Waals surface area contributed by atoms with Crippen LogP contribution < -0.4 is 10.2 Å². The number of benzene rings is 1. The van der Waals surface area contributed by atoms with Crippen molar-refractivity contribution >= 4 is 29.2 Å². The van der Waals surface area contributed by atoms with Crippen molar-refractivity contribution in [2.24, 2.45) is 0 Å². The molecule has 1 aliphatic rings. The number of rotatable bonds is 4. The van der Waals surface area contributed by atoms with Gasteiger partial charge in [0.1, 0.15) is 5.82 Å². The zero-order valence-corrected chi connectivity index (χ0v) is 17.9. The Balaban J connectivity index is 1.47. The van der Waals surface area contributed by atoms with Crippen molar-refractivity contribution in [3.8, 4) is 0 Å². The third-order valence-corrected chi connectivity index (χ3v) is 5.31. The number of hydrogen-bond donors (Lipinski definition) is 1. The number of hydrogen-bond acceptors (Lipinski definition) is 4. The molecule has 0 spiro atoms. The van der Waals surface area contributed by atoms with Gasteiger partial charge in [0, 0.05) is 37.9 Å². The summed E-state index contributed by atoms with van der Waals surface area (Å²) in [5.74, 6) is 0.546. The molecule has 29 heavy (non-hydrogen) atoms. The number of halogens is 1. The summed E-state index contributed by atoms with van der Waals surface area (Å²) in [5.41, 5.74) is 1.76. The number of nitrogens with zero attached hydrogens (tertiary/aromatic N) is 3. The Labute approximate surface area is 176 Å². The van der Waals surface area contributed by atoms with Gasteiger partial charge in [-0.3, -0.25) is 9.59 Å². The highest BCUT2D eigenvalue weighted by Crippen LogP contribution is 2.22. The molecular weight excluding hydrogens is 388 g/mol. The van der Waals surface area contributed by atoms with E-state index in [1.807, 2.05) is 24.3 Å². The molecule has 1 fully saturated rings. The van der Waals surface area contributed by atoms with E-state index in [1.165, 1.54) is 0 Å². The first-order valence-electron chi connectivity index (χ1n) is 9.77. The van der Waals surface area contributed by atoms with Crippen molar-refractivity contribution in [2.45, 2.75) is 26.2 Å². The van der Waals surface area contributed by atoms with E-state index >= 15 is 0 Å². The van der Waals surface area contributed by atoms with Gasteiger partial charge in [0.15, 0.2) is 0 Å². The molecule has 0 radical (unpaired) electrons. The number of nitrogens with one attached hydrogen (secondary N) is 1. The Kier molecular flexibility index (Phi) is 6.42. The highest BCUT2D eigenvalue weighted by Gasteiger charge is 2.22. The molecule has 3 rings (SSSR count). The van der Waals surface area contributed by atoms with Gasteiger partial charge in [-0.2, -0.15) is 0 Å². The number of carbonyl (C=O) groups is 2. The van der Waals surface area contributed by atoms with Crippen molar-refractivity contribution in [1.29, 1.82) is 0 Å². The van der Waals surface area contributed by atoms with Gasteiger partial charge >= 0.3 is 0 Å². The van der Waals surface area contributed by atoms with Gasteiger partial charge in [-0.15, -0.1) is 0 Å². The molecule has 0 saturated carbocycles. The van der Waals surface area contributed by atoms with E-state index in [0.29, 0.717) is 36.8 Å². The summed E-state index contributed by atoms with van der Waals surface area (Å²) in [6, 6.07) is 11.2. The average molecular weight is 415 g/mol.